The summed E-state index contributed by atoms with van der Waals surface area (Å²) in [5, 5.41) is 0. The Morgan fingerprint density at radius 1 is 0.871 bits per heavy atom. The monoisotopic (exact) mass is 415 g/mol. The first-order valence-corrected chi connectivity index (χ1v) is 10.6. The number of benzene rings is 3. The van der Waals surface area contributed by atoms with Crippen molar-refractivity contribution in [2.45, 2.75) is 19.9 Å². The summed E-state index contributed by atoms with van der Waals surface area (Å²) in [6.45, 7) is 4.53. The molecule has 0 aromatic heterocycles. The zero-order chi connectivity index (χ0) is 21.8. The van der Waals surface area contributed by atoms with Gasteiger partial charge in [-0.15, -0.1) is 0 Å². The SMILES string of the molecule is COc1cc(OC)cc(-c2ccc(C3=Nc4ccc(C)cc4CN3CCCN)cc2)c1. The fourth-order valence-corrected chi connectivity index (χ4v) is 3.92. The van der Waals surface area contributed by atoms with Gasteiger partial charge in [-0.2, -0.15) is 0 Å². The highest BCUT2D eigenvalue weighted by molar-refractivity contribution is 6.01. The first kappa shape index (κ1) is 20.9. The van der Waals surface area contributed by atoms with Gasteiger partial charge >= 0.3 is 0 Å². The molecule has 0 bridgehead atoms. The highest BCUT2D eigenvalue weighted by atomic mass is 16.5. The summed E-state index contributed by atoms with van der Waals surface area (Å²) in [6.07, 6.45) is 0.932. The fraction of sp³-hybridized carbons (Fsp3) is 0.269. The third kappa shape index (κ3) is 4.57. The largest absolute Gasteiger partial charge is 0.497 e. The Morgan fingerprint density at radius 3 is 2.19 bits per heavy atom. The van der Waals surface area contributed by atoms with Crippen molar-refractivity contribution in [3.05, 3.63) is 77.4 Å². The molecule has 31 heavy (non-hydrogen) atoms. The van der Waals surface area contributed by atoms with Crippen molar-refractivity contribution in [3.8, 4) is 22.6 Å². The third-order valence-corrected chi connectivity index (χ3v) is 5.58. The van der Waals surface area contributed by atoms with E-state index in [1.54, 1.807) is 14.2 Å². The molecule has 0 amide bonds. The van der Waals surface area contributed by atoms with Crippen LogP contribution in [-0.4, -0.2) is 38.0 Å². The zero-order valence-electron chi connectivity index (χ0n) is 18.4. The van der Waals surface area contributed by atoms with Crippen LogP contribution in [0.3, 0.4) is 0 Å². The molecule has 3 aromatic carbocycles. The standard InChI is InChI=1S/C26H29N3O2/c1-18-5-10-25-22(13-18)17-29(12-4-11-27)26(28-25)20-8-6-19(7-9-20)21-14-23(30-2)16-24(15-21)31-3/h5-10,13-16H,4,11-12,17,27H2,1-3H3. The zero-order valence-corrected chi connectivity index (χ0v) is 18.4. The highest BCUT2D eigenvalue weighted by Crippen LogP contribution is 2.32. The normalized spacial score (nSPS) is 12.9. The van der Waals surface area contributed by atoms with Crippen molar-refractivity contribution in [2.75, 3.05) is 27.3 Å². The molecule has 0 spiro atoms. The molecular weight excluding hydrogens is 386 g/mol. The second kappa shape index (κ2) is 9.23. The molecule has 0 radical (unpaired) electrons. The minimum atomic E-state index is 0.668. The van der Waals surface area contributed by atoms with Gasteiger partial charge in [0.2, 0.25) is 0 Å². The summed E-state index contributed by atoms with van der Waals surface area (Å²) in [6, 6.07) is 20.9. The number of rotatable bonds is 7. The lowest BCUT2D eigenvalue weighted by Gasteiger charge is -2.31. The molecule has 0 atom stereocenters. The van der Waals surface area contributed by atoms with Gasteiger partial charge in [-0.3, -0.25) is 0 Å². The lowest BCUT2D eigenvalue weighted by molar-refractivity contribution is 0.394. The van der Waals surface area contributed by atoms with Gasteiger partial charge in [-0.1, -0.05) is 42.0 Å². The van der Waals surface area contributed by atoms with Crippen molar-refractivity contribution >= 4 is 11.5 Å². The maximum atomic E-state index is 5.79. The molecule has 5 nitrogen and oxygen atoms in total. The van der Waals surface area contributed by atoms with Gasteiger partial charge in [0.1, 0.15) is 17.3 Å². The van der Waals surface area contributed by atoms with Gasteiger partial charge in [0.05, 0.1) is 19.9 Å². The van der Waals surface area contributed by atoms with Crippen molar-refractivity contribution in [1.82, 2.24) is 4.90 Å². The Hall–Kier alpha value is -3.31. The van der Waals surface area contributed by atoms with Crippen molar-refractivity contribution in [1.29, 1.82) is 0 Å². The van der Waals surface area contributed by atoms with Gasteiger partial charge in [0.25, 0.3) is 0 Å². The van der Waals surface area contributed by atoms with E-state index in [1.165, 1.54) is 11.1 Å². The quantitative estimate of drug-likeness (QED) is 0.595. The van der Waals surface area contributed by atoms with Crippen LogP contribution in [0.15, 0.2) is 65.7 Å². The van der Waals surface area contributed by atoms with Crippen LogP contribution < -0.4 is 15.2 Å². The molecule has 1 aliphatic heterocycles. The topological polar surface area (TPSA) is 60.1 Å². The number of nitrogens with two attached hydrogens (primary N) is 1. The Kier molecular flexibility index (Phi) is 6.23. The predicted molar refractivity (Wildman–Crippen MR) is 126 cm³/mol. The summed E-state index contributed by atoms with van der Waals surface area (Å²) >= 11 is 0. The van der Waals surface area contributed by atoms with Crippen molar-refractivity contribution in [2.24, 2.45) is 10.7 Å². The summed E-state index contributed by atoms with van der Waals surface area (Å²) in [5.41, 5.74) is 12.6. The van der Waals surface area contributed by atoms with E-state index < -0.39 is 0 Å². The lowest BCUT2D eigenvalue weighted by atomic mass is 10.0. The molecule has 3 aromatic rings. The summed E-state index contributed by atoms with van der Waals surface area (Å²) in [5.74, 6) is 2.55. The molecule has 0 unspecified atom stereocenters. The van der Waals surface area contributed by atoms with Crippen LogP contribution >= 0.6 is 0 Å². The second-order valence-electron chi connectivity index (χ2n) is 7.81. The number of nitrogens with zero attached hydrogens (tertiary/aromatic N) is 2. The summed E-state index contributed by atoms with van der Waals surface area (Å²) < 4.78 is 10.8. The molecule has 0 saturated carbocycles. The molecule has 4 rings (SSSR count). The van der Waals surface area contributed by atoms with E-state index in [4.69, 9.17) is 20.2 Å². The molecule has 1 heterocycles. The maximum Gasteiger partial charge on any atom is 0.136 e. The predicted octanol–water partition coefficient (Wildman–Crippen LogP) is 4.92. The average Bonchev–Trinajstić information content (AvgIpc) is 2.81. The van der Waals surface area contributed by atoms with E-state index in [2.05, 4.69) is 54.3 Å². The molecule has 0 saturated heterocycles. The number of methoxy groups -OCH3 is 2. The van der Waals surface area contributed by atoms with Gasteiger partial charge in [-0.25, -0.2) is 4.99 Å². The minimum Gasteiger partial charge on any atom is -0.497 e. The molecule has 5 heteroatoms. The number of amidine groups is 1. The van der Waals surface area contributed by atoms with Crippen LogP contribution in [-0.2, 0) is 6.54 Å². The maximum absolute atomic E-state index is 5.79. The molecule has 2 N–H and O–H groups in total. The van der Waals surface area contributed by atoms with Crippen molar-refractivity contribution < 1.29 is 9.47 Å². The smallest absolute Gasteiger partial charge is 0.136 e. The number of ether oxygens (including phenoxy) is 2. The number of aryl methyl sites for hydroxylation is 1. The van der Waals surface area contributed by atoms with Gasteiger partial charge in [0, 0.05) is 24.7 Å². The Balaban J connectivity index is 1.69. The van der Waals surface area contributed by atoms with Crippen LogP contribution in [0.25, 0.3) is 11.1 Å². The third-order valence-electron chi connectivity index (χ3n) is 5.58. The first-order chi connectivity index (χ1) is 15.1. The summed E-state index contributed by atoms with van der Waals surface area (Å²) in [7, 11) is 3.33. The Morgan fingerprint density at radius 2 is 1.55 bits per heavy atom. The van der Waals surface area contributed by atoms with Gasteiger partial charge in [0.15, 0.2) is 0 Å². The van der Waals surface area contributed by atoms with E-state index >= 15 is 0 Å². The Bertz CT molecular complexity index is 1070. The number of aliphatic imine (C=N–C) groups is 1. The minimum absolute atomic E-state index is 0.668. The van der Waals surface area contributed by atoms with Gasteiger partial charge in [-0.05, 0) is 54.8 Å². The first-order valence-electron chi connectivity index (χ1n) is 10.6. The van der Waals surface area contributed by atoms with Crippen LogP contribution in [0.2, 0.25) is 0 Å². The van der Waals surface area contributed by atoms with Crippen LogP contribution in [0.4, 0.5) is 5.69 Å². The van der Waals surface area contributed by atoms with E-state index in [1.807, 2.05) is 18.2 Å². The van der Waals surface area contributed by atoms with Crippen molar-refractivity contribution in [3.63, 3.8) is 0 Å². The number of hydrogen-bond acceptors (Lipinski definition) is 5. The second-order valence-corrected chi connectivity index (χ2v) is 7.81. The molecule has 0 aliphatic carbocycles. The van der Waals surface area contributed by atoms with E-state index in [0.29, 0.717) is 6.54 Å². The van der Waals surface area contributed by atoms with Crippen LogP contribution in [0, 0.1) is 6.92 Å². The van der Waals surface area contributed by atoms with E-state index in [-0.39, 0.29) is 0 Å². The van der Waals surface area contributed by atoms with Gasteiger partial charge < -0.3 is 20.1 Å². The van der Waals surface area contributed by atoms with E-state index in [9.17, 15) is 0 Å². The van der Waals surface area contributed by atoms with Crippen LogP contribution in [0.1, 0.15) is 23.1 Å². The average molecular weight is 416 g/mol. The molecule has 0 fully saturated rings. The fourth-order valence-electron chi connectivity index (χ4n) is 3.92. The number of hydrogen-bond donors (Lipinski definition) is 1. The molecule has 160 valence electrons. The summed E-state index contributed by atoms with van der Waals surface area (Å²) in [4.78, 5) is 7.34. The number of fused-ring (bicyclic) bond motifs is 1. The molecular formula is C26H29N3O2. The van der Waals surface area contributed by atoms with E-state index in [0.717, 1.165) is 59.2 Å². The molecule has 1 aliphatic rings. The highest BCUT2D eigenvalue weighted by Gasteiger charge is 2.21. The van der Waals surface area contributed by atoms with Crippen LogP contribution in [0.5, 0.6) is 11.5 Å². The lowest BCUT2D eigenvalue weighted by Crippen LogP contribution is -2.35. The Labute approximate surface area is 184 Å².